The van der Waals surface area contributed by atoms with Crippen molar-refractivity contribution in [3.8, 4) is 11.6 Å². The number of nitro groups is 1. The van der Waals surface area contributed by atoms with E-state index >= 15 is 0 Å². The van der Waals surface area contributed by atoms with Crippen LogP contribution in [-0.4, -0.2) is 14.8 Å². The highest BCUT2D eigenvalue weighted by Crippen LogP contribution is 2.28. The Hall–Kier alpha value is -3.19. The number of halogens is 1. The SMILES string of the molecule is O=[N+]([O-])c1cc2c([O-])n(-c3ccc(Cl)cc3)n[n+]2c2ccccc12. The van der Waals surface area contributed by atoms with Crippen molar-refractivity contribution in [2.24, 2.45) is 0 Å². The van der Waals surface area contributed by atoms with Crippen LogP contribution in [0.15, 0.2) is 54.6 Å². The number of fused-ring (bicyclic) bond motifs is 3. The van der Waals surface area contributed by atoms with Gasteiger partial charge in [-0.05, 0) is 36.4 Å². The molecule has 2 aromatic carbocycles. The lowest BCUT2D eigenvalue weighted by molar-refractivity contribution is -0.556. The Kier molecular flexibility index (Phi) is 3.10. The summed E-state index contributed by atoms with van der Waals surface area (Å²) in [5, 5.41) is 29.2. The van der Waals surface area contributed by atoms with Crippen LogP contribution < -0.4 is 9.62 Å². The van der Waals surface area contributed by atoms with Crippen molar-refractivity contribution in [3.63, 3.8) is 0 Å². The standard InChI is InChI=1S/C16H9ClN4O3/c17-10-5-7-11(8-6-10)19-16(22)15-9-14(21(23)24)12-3-1-2-4-13(12)20(15)18-19/h1-9H. The van der Waals surface area contributed by atoms with Gasteiger partial charge in [-0.25, -0.2) is 0 Å². The van der Waals surface area contributed by atoms with Crippen LogP contribution >= 0.6 is 11.6 Å². The number of rotatable bonds is 2. The quantitative estimate of drug-likeness (QED) is 0.318. The van der Waals surface area contributed by atoms with Gasteiger partial charge in [0, 0.05) is 5.02 Å². The van der Waals surface area contributed by atoms with Gasteiger partial charge in [-0.3, -0.25) is 10.1 Å². The third-order valence-corrected chi connectivity index (χ3v) is 4.02. The highest BCUT2D eigenvalue weighted by molar-refractivity contribution is 6.30. The highest BCUT2D eigenvalue weighted by atomic mass is 35.5. The van der Waals surface area contributed by atoms with Gasteiger partial charge in [-0.15, -0.1) is 4.68 Å². The number of nitrogens with zero attached hydrogens (tertiary/aromatic N) is 4. The van der Waals surface area contributed by atoms with Crippen LogP contribution in [-0.2, 0) is 0 Å². The van der Waals surface area contributed by atoms with E-state index in [1.807, 2.05) is 0 Å². The summed E-state index contributed by atoms with van der Waals surface area (Å²) in [6, 6.07) is 14.6. The van der Waals surface area contributed by atoms with Crippen molar-refractivity contribution in [3.05, 3.63) is 69.7 Å². The van der Waals surface area contributed by atoms with Gasteiger partial charge in [-0.2, -0.15) is 0 Å². The van der Waals surface area contributed by atoms with E-state index in [0.29, 0.717) is 21.6 Å². The summed E-state index contributed by atoms with van der Waals surface area (Å²) in [7, 11) is 0. The largest absolute Gasteiger partial charge is 0.837 e. The summed E-state index contributed by atoms with van der Waals surface area (Å²) >= 11 is 5.86. The molecule has 4 aromatic rings. The smallest absolute Gasteiger partial charge is 0.285 e. The number of para-hydroxylation sites is 1. The minimum atomic E-state index is -0.499. The molecule has 24 heavy (non-hydrogen) atoms. The molecular formula is C16H9ClN4O3. The van der Waals surface area contributed by atoms with E-state index in [2.05, 4.69) is 5.21 Å². The second-order valence-corrected chi connectivity index (χ2v) is 5.62. The minimum absolute atomic E-state index is 0.127. The van der Waals surface area contributed by atoms with Crippen LogP contribution in [0.1, 0.15) is 0 Å². The molecule has 0 bridgehead atoms. The number of benzene rings is 2. The van der Waals surface area contributed by atoms with E-state index < -0.39 is 10.8 Å². The molecule has 0 saturated carbocycles. The van der Waals surface area contributed by atoms with Crippen molar-refractivity contribution in [1.82, 2.24) is 9.90 Å². The van der Waals surface area contributed by atoms with Gasteiger partial charge in [0.15, 0.2) is 16.7 Å². The van der Waals surface area contributed by atoms with E-state index in [1.165, 1.54) is 15.3 Å². The molecular weight excluding hydrogens is 332 g/mol. The highest BCUT2D eigenvalue weighted by Gasteiger charge is 2.23. The normalized spacial score (nSPS) is 11.2. The molecule has 7 nitrogen and oxygen atoms in total. The predicted molar refractivity (Wildman–Crippen MR) is 85.3 cm³/mol. The Labute approximate surface area is 140 Å². The summed E-state index contributed by atoms with van der Waals surface area (Å²) in [5.74, 6) is -0.439. The Morgan fingerprint density at radius 2 is 1.79 bits per heavy atom. The molecule has 0 aliphatic rings. The van der Waals surface area contributed by atoms with Crippen LogP contribution in [0, 0.1) is 10.1 Å². The van der Waals surface area contributed by atoms with Gasteiger partial charge in [-0.1, -0.05) is 28.2 Å². The second-order valence-electron chi connectivity index (χ2n) is 5.18. The monoisotopic (exact) mass is 340 g/mol. The van der Waals surface area contributed by atoms with Gasteiger partial charge in [0.05, 0.1) is 11.0 Å². The third-order valence-electron chi connectivity index (χ3n) is 3.77. The average molecular weight is 341 g/mol. The molecule has 8 heteroatoms. The first-order valence-electron chi connectivity index (χ1n) is 7.00. The van der Waals surface area contributed by atoms with Gasteiger partial charge in [0.1, 0.15) is 16.5 Å². The first kappa shape index (κ1) is 14.4. The number of hydrogen-bond acceptors (Lipinski definition) is 4. The molecule has 0 aliphatic heterocycles. The lowest BCUT2D eigenvalue weighted by Gasteiger charge is -2.01. The molecule has 2 heterocycles. The topological polar surface area (TPSA) is 88.1 Å². The zero-order valence-corrected chi connectivity index (χ0v) is 12.8. The summed E-state index contributed by atoms with van der Waals surface area (Å²) in [6.45, 7) is 0. The maximum absolute atomic E-state index is 12.7. The van der Waals surface area contributed by atoms with E-state index in [9.17, 15) is 15.2 Å². The summed E-state index contributed by atoms with van der Waals surface area (Å²) in [5.41, 5.74) is 1.03. The van der Waals surface area contributed by atoms with Gasteiger partial charge < -0.3 is 5.11 Å². The molecule has 0 radical (unpaired) electrons. The summed E-state index contributed by atoms with van der Waals surface area (Å²) < 4.78 is 2.61. The van der Waals surface area contributed by atoms with Crippen LogP contribution in [0.4, 0.5) is 5.69 Å². The van der Waals surface area contributed by atoms with Crippen molar-refractivity contribution in [2.45, 2.75) is 0 Å². The Morgan fingerprint density at radius 3 is 2.50 bits per heavy atom. The lowest BCUT2D eigenvalue weighted by atomic mass is 10.2. The molecule has 0 unspecified atom stereocenters. The van der Waals surface area contributed by atoms with E-state index in [4.69, 9.17) is 11.6 Å². The fourth-order valence-electron chi connectivity index (χ4n) is 2.66. The number of hydrogen-bond donors (Lipinski definition) is 0. The van der Waals surface area contributed by atoms with Gasteiger partial charge in [0.2, 0.25) is 0 Å². The Morgan fingerprint density at radius 1 is 1.08 bits per heavy atom. The Bertz CT molecular complexity index is 1110. The van der Waals surface area contributed by atoms with Crippen LogP contribution in [0.3, 0.4) is 0 Å². The van der Waals surface area contributed by atoms with Crippen molar-refractivity contribution < 1.29 is 14.5 Å². The van der Waals surface area contributed by atoms with E-state index in [-0.39, 0.29) is 11.2 Å². The molecule has 118 valence electrons. The van der Waals surface area contributed by atoms with Crippen molar-refractivity contribution in [2.75, 3.05) is 0 Å². The molecule has 0 amide bonds. The third kappa shape index (κ3) is 2.06. The summed E-state index contributed by atoms with van der Waals surface area (Å²) in [4.78, 5) is 10.8. The molecule has 0 N–H and O–H groups in total. The molecule has 2 aromatic heterocycles. The average Bonchev–Trinajstić information content (AvgIpc) is 2.92. The van der Waals surface area contributed by atoms with Crippen molar-refractivity contribution in [1.29, 1.82) is 0 Å². The van der Waals surface area contributed by atoms with Crippen LogP contribution in [0.25, 0.3) is 22.1 Å². The summed E-state index contributed by atoms with van der Waals surface area (Å²) in [6.07, 6.45) is 0. The fourth-order valence-corrected chi connectivity index (χ4v) is 2.79. The Balaban J connectivity index is 2.10. The maximum atomic E-state index is 12.7. The van der Waals surface area contributed by atoms with Gasteiger partial charge in [0.25, 0.3) is 5.69 Å². The number of pyridine rings is 1. The molecule has 0 atom stereocenters. The van der Waals surface area contributed by atoms with Crippen LogP contribution in [0.5, 0.6) is 5.88 Å². The first-order valence-corrected chi connectivity index (χ1v) is 7.38. The number of aromatic nitrogens is 3. The molecule has 4 rings (SSSR count). The fraction of sp³-hybridized carbons (Fsp3) is 0. The van der Waals surface area contributed by atoms with Gasteiger partial charge >= 0.3 is 0 Å². The minimum Gasteiger partial charge on any atom is -0.837 e. The van der Waals surface area contributed by atoms with Crippen LogP contribution in [0.2, 0.25) is 5.02 Å². The van der Waals surface area contributed by atoms with E-state index in [0.717, 1.165) is 0 Å². The zero-order valence-electron chi connectivity index (χ0n) is 12.1. The maximum Gasteiger partial charge on any atom is 0.285 e. The molecule has 0 saturated heterocycles. The predicted octanol–water partition coefficient (Wildman–Crippen LogP) is 2.40. The molecule has 0 spiro atoms. The molecule has 0 fully saturated rings. The van der Waals surface area contributed by atoms with Crippen molar-refractivity contribution >= 4 is 33.7 Å². The zero-order chi connectivity index (χ0) is 16.8. The lowest BCUT2D eigenvalue weighted by Crippen LogP contribution is -2.26. The molecule has 0 aliphatic carbocycles. The second kappa shape index (κ2) is 5.17. The first-order chi connectivity index (χ1) is 11.6. The van der Waals surface area contributed by atoms with E-state index in [1.54, 1.807) is 48.5 Å².